The van der Waals surface area contributed by atoms with Gasteiger partial charge in [0.15, 0.2) is 0 Å². The van der Waals surface area contributed by atoms with Crippen molar-refractivity contribution in [2.24, 2.45) is 5.92 Å². The van der Waals surface area contributed by atoms with Gasteiger partial charge in [-0.15, -0.1) is 0 Å². The highest BCUT2D eigenvalue weighted by atomic mass is 16.5. The molecule has 0 spiro atoms. The van der Waals surface area contributed by atoms with E-state index in [1.54, 1.807) is 12.4 Å². The van der Waals surface area contributed by atoms with E-state index in [4.69, 9.17) is 4.74 Å². The van der Waals surface area contributed by atoms with Crippen molar-refractivity contribution in [2.75, 3.05) is 13.2 Å². The maximum atomic E-state index is 12.6. The van der Waals surface area contributed by atoms with Crippen LogP contribution in [0.3, 0.4) is 0 Å². The van der Waals surface area contributed by atoms with E-state index >= 15 is 0 Å². The summed E-state index contributed by atoms with van der Waals surface area (Å²) in [4.78, 5) is 16.6. The van der Waals surface area contributed by atoms with E-state index < -0.39 is 0 Å². The summed E-state index contributed by atoms with van der Waals surface area (Å²) in [5.41, 5.74) is 3.23. The summed E-state index contributed by atoms with van der Waals surface area (Å²) < 4.78 is 5.61. The van der Waals surface area contributed by atoms with Gasteiger partial charge in [0.1, 0.15) is 0 Å². The lowest BCUT2D eigenvalue weighted by atomic mass is 9.86. The lowest BCUT2D eigenvalue weighted by molar-refractivity contribution is 0.0925. The van der Waals surface area contributed by atoms with Gasteiger partial charge in [-0.25, -0.2) is 0 Å². The Morgan fingerprint density at radius 1 is 1.12 bits per heavy atom. The summed E-state index contributed by atoms with van der Waals surface area (Å²) in [5.74, 6) is 0.260. The number of benzene rings is 1. The first-order valence-electron chi connectivity index (χ1n) is 8.81. The first kappa shape index (κ1) is 17.6. The summed E-state index contributed by atoms with van der Waals surface area (Å²) in [6, 6.07) is 12.0. The van der Waals surface area contributed by atoms with E-state index in [1.165, 1.54) is 11.1 Å². The molecule has 3 rings (SSSR count). The second-order valence-electron chi connectivity index (χ2n) is 7.76. The maximum Gasteiger partial charge on any atom is 0.251 e. The van der Waals surface area contributed by atoms with Crippen LogP contribution in [0, 0.1) is 5.92 Å². The normalized spacial score (nSPS) is 20.4. The van der Waals surface area contributed by atoms with Crippen LogP contribution in [0.15, 0.2) is 48.8 Å². The highest BCUT2D eigenvalue weighted by Crippen LogP contribution is 2.23. The summed E-state index contributed by atoms with van der Waals surface area (Å²) in [6.45, 7) is 7.75. The zero-order valence-electron chi connectivity index (χ0n) is 15.2. The first-order chi connectivity index (χ1) is 11.9. The molecule has 4 heteroatoms. The fraction of sp³-hybridized carbons (Fsp3) is 0.429. The van der Waals surface area contributed by atoms with Gasteiger partial charge in [0.2, 0.25) is 0 Å². The van der Waals surface area contributed by atoms with Crippen LogP contribution in [0.25, 0.3) is 0 Å². The van der Waals surface area contributed by atoms with E-state index in [0.29, 0.717) is 24.7 Å². The lowest BCUT2D eigenvalue weighted by Gasteiger charge is -2.21. The van der Waals surface area contributed by atoms with Crippen molar-refractivity contribution in [1.29, 1.82) is 0 Å². The molecule has 2 heterocycles. The van der Waals surface area contributed by atoms with Crippen LogP contribution in [0.1, 0.15) is 42.3 Å². The van der Waals surface area contributed by atoms with Gasteiger partial charge in [0.05, 0.1) is 19.3 Å². The number of hydrogen-bond acceptors (Lipinski definition) is 3. The first-order valence-corrected chi connectivity index (χ1v) is 8.81. The maximum absolute atomic E-state index is 12.6. The number of hydrogen-bond donors (Lipinski definition) is 1. The predicted octanol–water partition coefficient (Wildman–Crippen LogP) is 3.37. The molecule has 2 aromatic rings. The molecule has 0 unspecified atom stereocenters. The Morgan fingerprint density at radius 3 is 2.44 bits per heavy atom. The Balaban J connectivity index is 1.63. The molecule has 1 saturated heterocycles. The smallest absolute Gasteiger partial charge is 0.251 e. The van der Waals surface area contributed by atoms with E-state index in [-0.39, 0.29) is 17.4 Å². The van der Waals surface area contributed by atoms with Crippen molar-refractivity contribution < 1.29 is 9.53 Å². The van der Waals surface area contributed by atoms with Crippen LogP contribution in [0.4, 0.5) is 0 Å². The van der Waals surface area contributed by atoms with Crippen molar-refractivity contribution in [3.8, 4) is 0 Å². The van der Waals surface area contributed by atoms with Crippen LogP contribution in [-0.2, 0) is 16.6 Å². The Bertz CT molecular complexity index is 705. The zero-order chi connectivity index (χ0) is 17.9. The molecule has 0 saturated carbocycles. The minimum Gasteiger partial charge on any atom is -0.379 e. The number of amides is 1. The van der Waals surface area contributed by atoms with Gasteiger partial charge < -0.3 is 10.1 Å². The third-order valence-corrected chi connectivity index (χ3v) is 4.78. The average molecular weight is 338 g/mol. The van der Waals surface area contributed by atoms with Crippen molar-refractivity contribution >= 4 is 5.91 Å². The van der Waals surface area contributed by atoms with E-state index in [1.807, 2.05) is 36.4 Å². The second kappa shape index (κ2) is 7.36. The largest absolute Gasteiger partial charge is 0.379 e. The van der Waals surface area contributed by atoms with Gasteiger partial charge in [-0.2, -0.15) is 0 Å². The van der Waals surface area contributed by atoms with Gasteiger partial charge in [-0.1, -0.05) is 32.9 Å². The molecule has 0 radical (unpaired) electrons. The molecular weight excluding hydrogens is 312 g/mol. The third kappa shape index (κ3) is 4.45. The van der Waals surface area contributed by atoms with Crippen molar-refractivity contribution in [1.82, 2.24) is 10.3 Å². The number of pyridine rings is 1. The van der Waals surface area contributed by atoms with Crippen LogP contribution in [-0.4, -0.2) is 30.1 Å². The fourth-order valence-electron chi connectivity index (χ4n) is 3.15. The molecule has 2 atom stereocenters. The van der Waals surface area contributed by atoms with Gasteiger partial charge in [-0.3, -0.25) is 9.78 Å². The quantitative estimate of drug-likeness (QED) is 0.930. The highest BCUT2D eigenvalue weighted by Gasteiger charge is 2.30. The summed E-state index contributed by atoms with van der Waals surface area (Å²) >= 11 is 0. The molecular formula is C21H26N2O2. The Morgan fingerprint density at radius 2 is 1.80 bits per heavy atom. The van der Waals surface area contributed by atoms with Crippen molar-refractivity contribution in [3.63, 3.8) is 0 Å². The molecule has 1 aromatic heterocycles. The summed E-state index contributed by atoms with van der Waals surface area (Å²) in [5, 5.41) is 3.14. The minimum absolute atomic E-state index is 0.0318. The average Bonchev–Trinajstić information content (AvgIpc) is 3.02. The number of rotatable bonds is 4. The molecule has 1 N–H and O–H groups in total. The van der Waals surface area contributed by atoms with Crippen molar-refractivity contribution in [2.45, 2.75) is 38.6 Å². The molecule has 4 nitrogen and oxygen atoms in total. The van der Waals surface area contributed by atoms with Gasteiger partial charge >= 0.3 is 0 Å². The molecule has 1 aromatic carbocycles. The van der Waals surface area contributed by atoms with Crippen LogP contribution in [0.5, 0.6) is 0 Å². The van der Waals surface area contributed by atoms with Gasteiger partial charge in [0.25, 0.3) is 5.91 Å². The number of nitrogens with one attached hydrogen (secondary N) is 1. The molecule has 1 aliphatic rings. The molecule has 132 valence electrons. The Hall–Kier alpha value is -2.20. The lowest BCUT2D eigenvalue weighted by Crippen LogP contribution is -2.40. The van der Waals surface area contributed by atoms with E-state index in [0.717, 1.165) is 6.42 Å². The Labute approximate surface area is 149 Å². The van der Waals surface area contributed by atoms with Gasteiger partial charge in [-0.05, 0) is 47.2 Å². The van der Waals surface area contributed by atoms with Gasteiger partial charge in [0, 0.05) is 23.9 Å². The zero-order valence-corrected chi connectivity index (χ0v) is 15.2. The molecule has 0 bridgehead atoms. The molecule has 1 amide bonds. The number of nitrogens with zero attached hydrogens (tertiary/aromatic N) is 1. The number of carbonyl (C=O) groups is 1. The summed E-state index contributed by atoms with van der Waals surface area (Å²) in [7, 11) is 0. The molecule has 1 aliphatic heterocycles. The van der Waals surface area contributed by atoms with Crippen LogP contribution in [0.2, 0.25) is 0 Å². The highest BCUT2D eigenvalue weighted by molar-refractivity contribution is 5.94. The topological polar surface area (TPSA) is 51.2 Å². The molecule has 25 heavy (non-hydrogen) atoms. The second-order valence-corrected chi connectivity index (χ2v) is 7.76. The molecule has 0 aliphatic carbocycles. The summed E-state index contributed by atoms with van der Waals surface area (Å²) in [6.07, 6.45) is 4.49. The Kier molecular flexibility index (Phi) is 5.19. The predicted molar refractivity (Wildman–Crippen MR) is 98.6 cm³/mol. The van der Waals surface area contributed by atoms with Crippen LogP contribution < -0.4 is 5.32 Å². The third-order valence-electron chi connectivity index (χ3n) is 4.78. The number of aromatic nitrogens is 1. The fourth-order valence-corrected chi connectivity index (χ4v) is 3.15. The van der Waals surface area contributed by atoms with E-state index in [2.05, 4.69) is 31.1 Å². The minimum atomic E-state index is -0.0318. The monoisotopic (exact) mass is 338 g/mol. The molecule has 1 fully saturated rings. The number of ether oxygens (including phenoxy) is 1. The standard InChI is InChI=1S/C21H26N2O2/c1-21(2,3)18-6-4-16(5-7-18)20(24)23-19-14-25-13-17(19)12-15-8-10-22-11-9-15/h4-11,17,19H,12-14H2,1-3H3,(H,23,24)/t17-,19-/m1/s1. The van der Waals surface area contributed by atoms with Crippen molar-refractivity contribution in [3.05, 3.63) is 65.5 Å². The SMILES string of the molecule is CC(C)(C)c1ccc(C(=O)N[C@@H]2COC[C@H]2Cc2ccncc2)cc1. The van der Waals surface area contributed by atoms with Crippen LogP contribution >= 0.6 is 0 Å². The van der Waals surface area contributed by atoms with E-state index in [9.17, 15) is 4.79 Å². The number of carbonyl (C=O) groups excluding carboxylic acids is 1.